The molecule has 4 rings (SSSR count). The van der Waals surface area contributed by atoms with Gasteiger partial charge in [-0.25, -0.2) is 4.39 Å². The first-order valence-electron chi connectivity index (χ1n) is 8.86. The fourth-order valence-corrected chi connectivity index (χ4v) is 3.01. The fourth-order valence-electron chi connectivity index (χ4n) is 2.80. The van der Waals surface area contributed by atoms with Gasteiger partial charge in [0.25, 0.3) is 5.91 Å². The Morgan fingerprint density at radius 1 is 1.18 bits per heavy atom. The standard InChI is InChI=1S/C20H17ClFN3O3/c21-15-6-2-1-5-14(15)20-24-23-18(28-20)11-25(13-9-10-13)19(26)12-27-17-8-4-3-7-16(17)22/h1-8,13H,9-12H2. The van der Waals surface area contributed by atoms with Gasteiger partial charge in [-0.05, 0) is 37.1 Å². The van der Waals surface area contributed by atoms with E-state index in [2.05, 4.69) is 10.2 Å². The van der Waals surface area contributed by atoms with Crippen LogP contribution in [0.2, 0.25) is 5.02 Å². The van der Waals surface area contributed by atoms with Gasteiger partial charge >= 0.3 is 0 Å². The molecule has 0 aliphatic heterocycles. The number of hydrogen-bond donors (Lipinski definition) is 0. The lowest BCUT2D eigenvalue weighted by atomic mass is 10.2. The number of amides is 1. The summed E-state index contributed by atoms with van der Waals surface area (Å²) in [6.07, 6.45) is 1.80. The zero-order chi connectivity index (χ0) is 19.5. The molecule has 0 radical (unpaired) electrons. The number of carbonyl (C=O) groups excluding carboxylic acids is 1. The second kappa shape index (κ2) is 7.98. The van der Waals surface area contributed by atoms with Crippen molar-refractivity contribution in [3.63, 3.8) is 0 Å². The zero-order valence-corrected chi connectivity index (χ0v) is 15.6. The largest absolute Gasteiger partial charge is 0.481 e. The van der Waals surface area contributed by atoms with E-state index in [1.54, 1.807) is 29.2 Å². The summed E-state index contributed by atoms with van der Waals surface area (Å²) in [4.78, 5) is 14.2. The predicted molar refractivity (Wildman–Crippen MR) is 100 cm³/mol. The lowest BCUT2D eigenvalue weighted by molar-refractivity contribution is -0.135. The maximum atomic E-state index is 13.7. The minimum atomic E-state index is -0.505. The summed E-state index contributed by atoms with van der Waals surface area (Å²) in [5.41, 5.74) is 0.634. The van der Waals surface area contributed by atoms with Crippen LogP contribution in [-0.4, -0.2) is 33.7 Å². The van der Waals surface area contributed by atoms with Crippen molar-refractivity contribution >= 4 is 17.5 Å². The number of para-hydroxylation sites is 1. The van der Waals surface area contributed by atoms with E-state index in [1.807, 2.05) is 12.1 Å². The van der Waals surface area contributed by atoms with E-state index in [0.717, 1.165) is 12.8 Å². The van der Waals surface area contributed by atoms with E-state index >= 15 is 0 Å². The second-order valence-corrected chi connectivity index (χ2v) is 6.86. The summed E-state index contributed by atoms with van der Waals surface area (Å²) in [6.45, 7) is -0.0927. The molecule has 1 amide bonds. The van der Waals surface area contributed by atoms with Gasteiger partial charge in [0.15, 0.2) is 18.2 Å². The van der Waals surface area contributed by atoms with Crippen LogP contribution >= 0.6 is 11.6 Å². The Morgan fingerprint density at radius 2 is 1.93 bits per heavy atom. The molecule has 1 saturated carbocycles. The molecule has 0 bridgehead atoms. The highest BCUT2D eigenvalue weighted by Gasteiger charge is 2.34. The van der Waals surface area contributed by atoms with E-state index in [9.17, 15) is 9.18 Å². The summed E-state index contributed by atoms with van der Waals surface area (Å²) >= 11 is 6.16. The molecule has 8 heteroatoms. The van der Waals surface area contributed by atoms with Crippen LogP contribution in [0.3, 0.4) is 0 Å². The van der Waals surface area contributed by atoms with Crippen LogP contribution in [0.5, 0.6) is 5.75 Å². The molecule has 1 fully saturated rings. The minimum absolute atomic E-state index is 0.0467. The van der Waals surface area contributed by atoms with Crippen LogP contribution in [0.1, 0.15) is 18.7 Å². The number of carbonyl (C=O) groups is 1. The Labute approximate surface area is 165 Å². The topological polar surface area (TPSA) is 68.5 Å². The van der Waals surface area contributed by atoms with E-state index < -0.39 is 5.82 Å². The van der Waals surface area contributed by atoms with Crippen LogP contribution in [-0.2, 0) is 11.3 Å². The third-order valence-corrected chi connectivity index (χ3v) is 4.70. The average molecular weight is 402 g/mol. The Hall–Kier alpha value is -2.93. The Morgan fingerprint density at radius 3 is 2.68 bits per heavy atom. The summed E-state index contributed by atoms with van der Waals surface area (Å²) in [6, 6.07) is 13.2. The number of nitrogens with zero attached hydrogens (tertiary/aromatic N) is 3. The molecule has 0 unspecified atom stereocenters. The summed E-state index contributed by atoms with van der Waals surface area (Å²) in [7, 11) is 0. The number of ether oxygens (including phenoxy) is 1. The van der Waals surface area contributed by atoms with E-state index in [1.165, 1.54) is 12.1 Å². The minimum Gasteiger partial charge on any atom is -0.481 e. The molecule has 1 aliphatic rings. The molecule has 2 aromatic carbocycles. The molecular formula is C20H17ClFN3O3. The molecular weight excluding hydrogens is 385 g/mol. The monoisotopic (exact) mass is 401 g/mol. The van der Waals surface area contributed by atoms with Crippen molar-refractivity contribution in [2.75, 3.05) is 6.61 Å². The molecule has 0 N–H and O–H groups in total. The van der Waals surface area contributed by atoms with Gasteiger partial charge in [-0.3, -0.25) is 4.79 Å². The summed E-state index contributed by atoms with van der Waals surface area (Å²) in [5.74, 6) is -0.115. The van der Waals surface area contributed by atoms with Gasteiger partial charge in [0.05, 0.1) is 17.1 Å². The van der Waals surface area contributed by atoms with Crippen molar-refractivity contribution in [1.82, 2.24) is 15.1 Å². The van der Waals surface area contributed by atoms with Crippen LogP contribution in [0.15, 0.2) is 52.9 Å². The first-order valence-corrected chi connectivity index (χ1v) is 9.23. The molecule has 0 atom stereocenters. The second-order valence-electron chi connectivity index (χ2n) is 6.45. The van der Waals surface area contributed by atoms with Crippen molar-refractivity contribution in [2.45, 2.75) is 25.4 Å². The van der Waals surface area contributed by atoms with Crippen LogP contribution in [0.4, 0.5) is 4.39 Å². The lowest BCUT2D eigenvalue weighted by Gasteiger charge is -2.20. The molecule has 1 aliphatic carbocycles. The van der Waals surface area contributed by atoms with Gasteiger partial charge in [0.2, 0.25) is 11.8 Å². The van der Waals surface area contributed by atoms with Crippen molar-refractivity contribution in [3.05, 3.63) is 65.3 Å². The highest BCUT2D eigenvalue weighted by atomic mass is 35.5. The van der Waals surface area contributed by atoms with Gasteiger partial charge in [0, 0.05) is 6.04 Å². The average Bonchev–Trinajstić information content (AvgIpc) is 3.44. The Bertz CT molecular complexity index is 990. The normalized spacial score (nSPS) is 13.4. The first kappa shape index (κ1) is 18.4. The van der Waals surface area contributed by atoms with Gasteiger partial charge in [-0.15, -0.1) is 10.2 Å². The lowest BCUT2D eigenvalue weighted by Crippen LogP contribution is -2.36. The zero-order valence-electron chi connectivity index (χ0n) is 14.8. The summed E-state index contributed by atoms with van der Waals surface area (Å²) < 4.78 is 24.7. The molecule has 28 heavy (non-hydrogen) atoms. The molecule has 3 aromatic rings. The Balaban J connectivity index is 1.44. The highest BCUT2D eigenvalue weighted by Crippen LogP contribution is 2.30. The van der Waals surface area contributed by atoms with Crippen LogP contribution < -0.4 is 4.74 Å². The SMILES string of the molecule is O=C(COc1ccccc1F)N(Cc1nnc(-c2ccccc2Cl)o1)C1CC1. The van der Waals surface area contributed by atoms with Crippen molar-refractivity contribution in [3.8, 4) is 17.2 Å². The maximum absolute atomic E-state index is 13.7. The molecule has 1 heterocycles. The van der Waals surface area contributed by atoms with E-state index in [4.69, 9.17) is 20.8 Å². The molecule has 1 aromatic heterocycles. The van der Waals surface area contributed by atoms with Crippen molar-refractivity contribution in [2.24, 2.45) is 0 Å². The van der Waals surface area contributed by atoms with E-state index in [-0.39, 0.29) is 30.9 Å². The van der Waals surface area contributed by atoms with Crippen LogP contribution in [0.25, 0.3) is 11.5 Å². The molecule has 0 spiro atoms. The van der Waals surface area contributed by atoms with Crippen molar-refractivity contribution < 1.29 is 18.3 Å². The molecule has 144 valence electrons. The van der Waals surface area contributed by atoms with Crippen molar-refractivity contribution in [1.29, 1.82) is 0 Å². The van der Waals surface area contributed by atoms with Gasteiger partial charge in [-0.1, -0.05) is 35.9 Å². The van der Waals surface area contributed by atoms with Gasteiger partial charge in [0.1, 0.15) is 0 Å². The number of rotatable bonds is 7. The number of hydrogen-bond acceptors (Lipinski definition) is 5. The van der Waals surface area contributed by atoms with Gasteiger partial charge < -0.3 is 14.1 Å². The number of aromatic nitrogens is 2. The van der Waals surface area contributed by atoms with Gasteiger partial charge in [-0.2, -0.15) is 0 Å². The number of benzene rings is 2. The quantitative estimate of drug-likeness (QED) is 0.596. The predicted octanol–water partition coefficient (Wildman–Crippen LogP) is 4.10. The molecule has 0 saturated heterocycles. The fraction of sp³-hybridized carbons (Fsp3) is 0.250. The van der Waals surface area contributed by atoms with E-state index in [0.29, 0.717) is 22.4 Å². The smallest absolute Gasteiger partial charge is 0.261 e. The summed E-state index contributed by atoms with van der Waals surface area (Å²) in [5, 5.41) is 8.56. The number of halogens is 2. The highest BCUT2D eigenvalue weighted by molar-refractivity contribution is 6.33. The maximum Gasteiger partial charge on any atom is 0.261 e. The molecule has 6 nitrogen and oxygen atoms in total. The third kappa shape index (κ3) is 4.14. The Kier molecular flexibility index (Phi) is 5.25. The third-order valence-electron chi connectivity index (χ3n) is 4.37. The van der Waals surface area contributed by atoms with Crippen LogP contribution in [0, 0.1) is 5.82 Å². The first-order chi connectivity index (χ1) is 13.6.